The van der Waals surface area contributed by atoms with E-state index in [9.17, 15) is 14.9 Å². The molecular formula is C16H14N2O3. The number of hydrogen-bond acceptors (Lipinski definition) is 4. The van der Waals surface area contributed by atoms with Gasteiger partial charge < -0.3 is 4.90 Å². The van der Waals surface area contributed by atoms with E-state index >= 15 is 0 Å². The Bertz CT molecular complexity index is 712. The molecule has 5 heteroatoms. The molecule has 0 aromatic heterocycles. The monoisotopic (exact) mass is 282 g/mol. The molecule has 0 fully saturated rings. The molecule has 0 saturated heterocycles. The van der Waals surface area contributed by atoms with Crippen LogP contribution in [0.4, 0.5) is 11.4 Å². The van der Waals surface area contributed by atoms with Gasteiger partial charge in [-0.1, -0.05) is 30.3 Å². The van der Waals surface area contributed by atoms with E-state index in [2.05, 4.69) is 0 Å². The Balaban J connectivity index is 1.95. The highest BCUT2D eigenvalue weighted by Gasteiger charge is 2.24. The van der Waals surface area contributed by atoms with Gasteiger partial charge in [-0.3, -0.25) is 14.9 Å². The summed E-state index contributed by atoms with van der Waals surface area (Å²) in [7, 11) is 0. The van der Waals surface area contributed by atoms with Crippen LogP contribution in [0.25, 0.3) is 0 Å². The Morgan fingerprint density at radius 1 is 1.10 bits per heavy atom. The SMILES string of the molecule is O=C1CCN(Cc2ccccc2[N+](=O)[O-])c2ccccc21. The summed E-state index contributed by atoms with van der Waals surface area (Å²) in [5.74, 6) is 0.129. The summed E-state index contributed by atoms with van der Waals surface area (Å²) in [4.78, 5) is 24.7. The van der Waals surface area contributed by atoms with Crippen molar-refractivity contribution < 1.29 is 9.72 Å². The molecule has 0 aliphatic carbocycles. The lowest BCUT2D eigenvalue weighted by molar-refractivity contribution is -0.385. The molecular weight excluding hydrogens is 268 g/mol. The Hall–Kier alpha value is -2.69. The van der Waals surface area contributed by atoms with Crippen molar-refractivity contribution in [2.24, 2.45) is 0 Å². The van der Waals surface area contributed by atoms with Gasteiger partial charge in [-0.15, -0.1) is 0 Å². The van der Waals surface area contributed by atoms with E-state index in [0.29, 0.717) is 30.6 Å². The van der Waals surface area contributed by atoms with Crippen molar-refractivity contribution in [3.8, 4) is 0 Å². The number of nitrogens with zero attached hydrogens (tertiary/aromatic N) is 2. The molecule has 1 aliphatic heterocycles. The lowest BCUT2D eigenvalue weighted by Crippen LogP contribution is -2.31. The fraction of sp³-hybridized carbons (Fsp3) is 0.188. The van der Waals surface area contributed by atoms with Crippen LogP contribution >= 0.6 is 0 Å². The zero-order valence-corrected chi connectivity index (χ0v) is 11.4. The summed E-state index contributed by atoms with van der Waals surface area (Å²) in [6.07, 6.45) is 0.442. The smallest absolute Gasteiger partial charge is 0.274 e. The van der Waals surface area contributed by atoms with Gasteiger partial charge in [0.1, 0.15) is 0 Å². The molecule has 5 nitrogen and oxygen atoms in total. The number of anilines is 1. The minimum Gasteiger partial charge on any atom is -0.366 e. The lowest BCUT2D eigenvalue weighted by Gasteiger charge is -2.30. The zero-order valence-electron chi connectivity index (χ0n) is 11.4. The highest BCUT2D eigenvalue weighted by atomic mass is 16.6. The normalized spacial score (nSPS) is 13.9. The molecule has 21 heavy (non-hydrogen) atoms. The summed E-state index contributed by atoms with van der Waals surface area (Å²) in [5, 5.41) is 11.1. The van der Waals surface area contributed by atoms with Gasteiger partial charge in [-0.25, -0.2) is 0 Å². The number of fused-ring (bicyclic) bond motifs is 1. The van der Waals surface area contributed by atoms with Gasteiger partial charge in [0.25, 0.3) is 5.69 Å². The third-order valence-corrected chi connectivity index (χ3v) is 3.70. The highest BCUT2D eigenvalue weighted by molar-refractivity contribution is 6.03. The maximum absolute atomic E-state index is 11.9. The molecule has 2 aromatic rings. The minimum absolute atomic E-state index is 0.117. The number of ketones is 1. The van der Waals surface area contributed by atoms with Crippen molar-refractivity contribution in [2.45, 2.75) is 13.0 Å². The summed E-state index contributed by atoms with van der Waals surface area (Å²) in [6.45, 7) is 1.02. The second kappa shape index (κ2) is 5.36. The van der Waals surface area contributed by atoms with Crippen LogP contribution in [0.15, 0.2) is 48.5 Å². The van der Waals surface area contributed by atoms with Crippen LogP contribution in [0, 0.1) is 10.1 Å². The molecule has 1 aliphatic rings. The van der Waals surface area contributed by atoms with Crippen molar-refractivity contribution in [3.63, 3.8) is 0 Å². The predicted molar refractivity (Wildman–Crippen MR) is 79.5 cm³/mol. The number of para-hydroxylation sites is 2. The van der Waals surface area contributed by atoms with Crippen molar-refractivity contribution in [2.75, 3.05) is 11.4 Å². The van der Waals surface area contributed by atoms with Crippen molar-refractivity contribution in [1.82, 2.24) is 0 Å². The standard InChI is InChI=1S/C16H14N2O3/c19-16-9-10-17(15-8-4-2-6-13(15)16)11-12-5-1-3-7-14(12)18(20)21/h1-8H,9-11H2. The Morgan fingerprint density at radius 2 is 1.81 bits per heavy atom. The van der Waals surface area contributed by atoms with E-state index in [1.807, 2.05) is 29.2 Å². The van der Waals surface area contributed by atoms with Gasteiger partial charge in [0, 0.05) is 42.4 Å². The van der Waals surface area contributed by atoms with Gasteiger partial charge in [0.15, 0.2) is 5.78 Å². The number of rotatable bonds is 3. The molecule has 0 unspecified atom stereocenters. The first kappa shape index (κ1) is 13.3. The minimum atomic E-state index is -0.365. The number of nitro benzene ring substituents is 1. The fourth-order valence-corrected chi connectivity index (χ4v) is 2.67. The van der Waals surface area contributed by atoms with Gasteiger partial charge in [-0.05, 0) is 12.1 Å². The van der Waals surface area contributed by atoms with E-state index in [4.69, 9.17) is 0 Å². The van der Waals surface area contributed by atoms with Gasteiger partial charge >= 0.3 is 0 Å². The Morgan fingerprint density at radius 3 is 2.62 bits per heavy atom. The molecule has 3 rings (SSSR count). The average Bonchev–Trinajstić information content (AvgIpc) is 2.51. The van der Waals surface area contributed by atoms with E-state index < -0.39 is 0 Å². The average molecular weight is 282 g/mol. The first-order chi connectivity index (χ1) is 10.2. The van der Waals surface area contributed by atoms with Crippen molar-refractivity contribution in [3.05, 3.63) is 69.8 Å². The number of carbonyl (C=O) groups excluding carboxylic acids is 1. The number of nitro groups is 1. The number of benzene rings is 2. The molecule has 0 spiro atoms. The van der Waals surface area contributed by atoms with Gasteiger partial charge in [0.2, 0.25) is 0 Å². The van der Waals surface area contributed by atoms with Crippen LogP contribution in [-0.2, 0) is 6.54 Å². The van der Waals surface area contributed by atoms with Gasteiger partial charge in [0.05, 0.1) is 4.92 Å². The van der Waals surface area contributed by atoms with Crippen LogP contribution < -0.4 is 4.90 Å². The second-order valence-corrected chi connectivity index (χ2v) is 5.00. The van der Waals surface area contributed by atoms with Crippen molar-refractivity contribution >= 4 is 17.2 Å². The van der Waals surface area contributed by atoms with Gasteiger partial charge in [-0.2, -0.15) is 0 Å². The van der Waals surface area contributed by atoms with Crippen LogP contribution in [0.2, 0.25) is 0 Å². The molecule has 0 N–H and O–H groups in total. The molecule has 1 heterocycles. The fourth-order valence-electron chi connectivity index (χ4n) is 2.67. The largest absolute Gasteiger partial charge is 0.366 e. The first-order valence-corrected chi connectivity index (χ1v) is 6.76. The van der Waals surface area contributed by atoms with Crippen LogP contribution in [0.5, 0.6) is 0 Å². The molecule has 0 radical (unpaired) electrons. The Labute approximate surface area is 122 Å². The number of Topliss-reactive ketones (excluding diaryl/α,β-unsaturated/α-hetero) is 1. The van der Waals surface area contributed by atoms with E-state index in [-0.39, 0.29) is 16.4 Å². The van der Waals surface area contributed by atoms with Crippen LogP contribution in [0.1, 0.15) is 22.3 Å². The van der Waals surface area contributed by atoms with E-state index in [1.165, 1.54) is 6.07 Å². The molecule has 0 amide bonds. The van der Waals surface area contributed by atoms with E-state index in [0.717, 1.165) is 5.69 Å². The summed E-state index contributed by atoms with van der Waals surface area (Å²) < 4.78 is 0. The lowest BCUT2D eigenvalue weighted by atomic mass is 9.99. The summed E-state index contributed by atoms with van der Waals surface area (Å²) in [5.41, 5.74) is 2.33. The number of carbonyl (C=O) groups is 1. The molecule has 2 aromatic carbocycles. The summed E-state index contributed by atoms with van der Waals surface area (Å²) >= 11 is 0. The molecule has 0 bridgehead atoms. The van der Waals surface area contributed by atoms with Crippen LogP contribution in [-0.4, -0.2) is 17.3 Å². The topological polar surface area (TPSA) is 63.5 Å². The highest BCUT2D eigenvalue weighted by Crippen LogP contribution is 2.29. The zero-order chi connectivity index (χ0) is 14.8. The van der Waals surface area contributed by atoms with Crippen LogP contribution in [0.3, 0.4) is 0 Å². The molecule has 0 saturated carbocycles. The summed E-state index contributed by atoms with van der Waals surface area (Å²) in [6, 6.07) is 14.1. The molecule has 0 atom stereocenters. The maximum atomic E-state index is 11.9. The van der Waals surface area contributed by atoms with Crippen molar-refractivity contribution in [1.29, 1.82) is 0 Å². The Kier molecular flexibility index (Phi) is 3.39. The predicted octanol–water partition coefficient (Wildman–Crippen LogP) is 3.19. The first-order valence-electron chi connectivity index (χ1n) is 6.76. The third kappa shape index (κ3) is 2.50. The molecule has 106 valence electrons. The number of hydrogen-bond donors (Lipinski definition) is 0. The van der Waals surface area contributed by atoms with E-state index in [1.54, 1.807) is 18.2 Å². The maximum Gasteiger partial charge on any atom is 0.274 e. The quantitative estimate of drug-likeness (QED) is 0.640. The second-order valence-electron chi connectivity index (χ2n) is 5.00. The third-order valence-electron chi connectivity index (χ3n) is 3.70.